The van der Waals surface area contributed by atoms with E-state index in [-0.39, 0.29) is 17.3 Å². The molecular formula is C103H106N6O9. The number of hydrogen-bond donors (Lipinski definition) is 0. The SMILES string of the molecule is C=CCc1cc(C)c2c(c1)CN(c1ccc(CC(C)=O)cc1)CO2.C=CCc1cc(C)c2c(c1)CN(c1ccccc1)CO2.CC(=O)Cc1ccc(N2COc3c(C)cccc3C2)cc1.CC(=O)Cc1ccc(N2COc3ccccc3C2)cc1.Cc1cccc2c1OCN(c1ccccc1)C2.c1ccc(N2COc3ccccc3C2)cc1. The van der Waals surface area contributed by atoms with Crippen molar-refractivity contribution in [1.29, 1.82) is 0 Å². The molecule has 6 aliphatic heterocycles. The van der Waals surface area contributed by atoms with Crippen molar-refractivity contribution in [3.63, 3.8) is 0 Å². The number of fused-ring (bicyclic) bond motifs is 6. The molecule has 15 heteroatoms. The summed E-state index contributed by atoms with van der Waals surface area (Å²) in [6.07, 6.45) is 7.13. The number of aryl methyl sites for hydroxylation is 4. The van der Waals surface area contributed by atoms with Gasteiger partial charge in [0, 0.05) is 126 Å². The lowest BCUT2D eigenvalue weighted by atomic mass is 10.0. The second-order valence-electron chi connectivity index (χ2n) is 30.6. The Bertz CT molecular complexity index is 5390. The van der Waals surface area contributed by atoms with Crippen LogP contribution in [0, 0.1) is 27.7 Å². The molecule has 12 aromatic carbocycles. The van der Waals surface area contributed by atoms with Crippen LogP contribution in [0.4, 0.5) is 34.1 Å². The molecule has 0 N–H and O–H groups in total. The van der Waals surface area contributed by atoms with E-state index in [1.165, 1.54) is 83.8 Å². The largest absolute Gasteiger partial charge is 0.473 e. The number of ketones is 3. The highest BCUT2D eigenvalue weighted by molar-refractivity contribution is 5.79. The van der Waals surface area contributed by atoms with Crippen LogP contribution < -0.4 is 57.8 Å². The molecule has 0 saturated carbocycles. The minimum atomic E-state index is 0.184. The fourth-order valence-electron chi connectivity index (χ4n) is 15.3. The lowest BCUT2D eigenvalue weighted by molar-refractivity contribution is -0.117. The van der Waals surface area contributed by atoms with Crippen LogP contribution in [0.3, 0.4) is 0 Å². The lowest BCUT2D eigenvalue weighted by Crippen LogP contribution is -2.32. The van der Waals surface area contributed by atoms with Crippen molar-refractivity contribution < 1.29 is 42.8 Å². The Kier molecular flexibility index (Phi) is 28.3. The summed E-state index contributed by atoms with van der Waals surface area (Å²) in [5.74, 6) is 6.66. The van der Waals surface area contributed by atoms with Gasteiger partial charge >= 0.3 is 0 Å². The van der Waals surface area contributed by atoms with Gasteiger partial charge in [0.1, 0.15) is 51.8 Å². The van der Waals surface area contributed by atoms with Gasteiger partial charge in [0.05, 0.1) is 0 Å². The van der Waals surface area contributed by atoms with Crippen LogP contribution in [0.15, 0.2) is 298 Å². The molecule has 0 aromatic heterocycles. The van der Waals surface area contributed by atoms with E-state index in [4.69, 9.17) is 28.4 Å². The summed E-state index contributed by atoms with van der Waals surface area (Å²) in [7, 11) is 0. The van der Waals surface area contributed by atoms with Crippen LogP contribution in [0.25, 0.3) is 0 Å². The number of Topliss-reactive ketones (excluding diaryl/α,β-unsaturated/α-hetero) is 3. The minimum absolute atomic E-state index is 0.184. The van der Waals surface area contributed by atoms with Crippen LogP contribution in [-0.4, -0.2) is 57.7 Å². The quantitative estimate of drug-likeness (QED) is 0.0851. The van der Waals surface area contributed by atoms with Crippen molar-refractivity contribution in [1.82, 2.24) is 0 Å². The molecule has 0 amide bonds. The highest BCUT2D eigenvalue weighted by Crippen LogP contribution is 2.38. The third-order valence-corrected chi connectivity index (χ3v) is 21.1. The number of carbonyl (C=O) groups excluding carboxylic acids is 3. The van der Waals surface area contributed by atoms with Gasteiger partial charge in [0.2, 0.25) is 0 Å². The van der Waals surface area contributed by atoms with Crippen molar-refractivity contribution in [3.8, 4) is 34.5 Å². The van der Waals surface area contributed by atoms with E-state index in [2.05, 4.69) is 258 Å². The molecule has 6 aliphatic rings. The molecule has 6 heterocycles. The van der Waals surface area contributed by atoms with E-state index in [0.717, 1.165) is 120 Å². The number of ether oxygens (including phenoxy) is 6. The molecule has 18 rings (SSSR count). The Balaban J connectivity index is 0.000000123. The normalized spacial score (nSPS) is 13.6. The fourth-order valence-corrected chi connectivity index (χ4v) is 15.3. The molecule has 0 saturated heterocycles. The first-order valence-corrected chi connectivity index (χ1v) is 40.4. The highest BCUT2D eigenvalue weighted by Gasteiger charge is 2.26. The van der Waals surface area contributed by atoms with Gasteiger partial charge in [-0.2, -0.15) is 0 Å². The molecule has 0 bridgehead atoms. The maximum absolute atomic E-state index is 11.2. The van der Waals surface area contributed by atoms with Crippen LogP contribution >= 0.6 is 0 Å². The number of carbonyl (C=O) groups is 3. The van der Waals surface area contributed by atoms with Gasteiger partial charge in [0.25, 0.3) is 0 Å². The smallest absolute Gasteiger partial charge is 0.161 e. The van der Waals surface area contributed by atoms with Crippen molar-refractivity contribution in [3.05, 3.63) is 382 Å². The van der Waals surface area contributed by atoms with Crippen LogP contribution in [0.2, 0.25) is 0 Å². The predicted molar refractivity (Wildman–Crippen MR) is 477 cm³/mol. The van der Waals surface area contributed by atoms with Gasteiger partial charge in [-0.1, -0.05) is 188 Å². The number of nitrogens with zero attached hydrogens (tertiary/aromatic N) is 6. The van der Waals surface area contributed by atoms with Gasteiger partial charge in [0.15, 0.2) is 40.4 Å². The van der Waals surface area contributed by atoms with Gasteiger partial charge in [-0.3, -0.25) is 14.4 Å². The number of para-hydroxylation sites is 7. The third kappa shape index (κ3) is 22.2. The van der Waals surface area contributed by atoms with Crippen LogP contribution in [0.1, 0.15) is 104 Å². The van der Waals surface area contributed by atoms with E-state index >= 15 is 0 Å². The first-order chi connectivity index (χ1) is 57.5. The highest BCUT2D eigenvalue weighted by atomic mass is 16.5. The number of hydrogen-bond acceptors (Lipinski definition) is 15. The second-order valence-corrected chi connectivity index (χ2v) is 30.6. The molecule has 15 nitrogen and oxygen atoms in total. The standard InChI is InChI=1S/C21H23NO2.C18H19NO2.C18H19NO.C17H17NO2.C15H15NO.C14H13NO/c1-4-5-18-10-15(2)21-19(12-18)13-22(14-24-21)20-8-6-17(7-9-20)11-16(3)23;1-13-4-3-5-16-11-19(12-21-18(13)16)17-8-6-15(7-9-17)10-14(2)20;1-3-7-15-10-14(2)18-16(11-15)12-19(13-20-18)17-8-5-4-6-9-17;1-13(19)10-14-6-8-16(9-7-14)18-11-15-4-2-3-5-17(15)20-12-18;1-12-6-5-7-13-10-16(11-17-15(12)13)14-8-3-2-4-9-14;1-2-7-13(8-3-1)15-10-12-6-4-5-9-14(12)16-11-15/h4,6-10,12H,1,5,11,13-14H2,2-3H3;3-9H,10-12H2,1-2H3;3-6,8-11H,1,7,12-13H2,2H3;2-9H,10-12H2,1H3;2-9H,10-11H2,1H3;1-9H,10-11H2. The second kappa shape index (κ2) is 40.3. The lowest BCUT2D eigenvalue weighted by Gasteiger charge is -2.32. The summed E-state index contributed by atoms with van der Waals surface area (Å²) in [5.41, 5.74) is 24.9. The molecule has 118 heavy (non-hydrogen) atoms. The molecule has 0 spiro atoms. The molecule has 602 valence electrons. The van der Waals surface area contributed by atoms with Crippen LogP contribution in [-0.2, 0) is 85.8 Å². The van der Waals surface area contributed by atoms with Gasteiger partial charge in [-0.05, 0) is 208 Å². The van der Waals surface area contributed by atoms with Gasteiger partial charge in [-0.25, -0.2) is 0 Å². The van der Waals surface area contributed by atoms with E-state index in [1.807, 2.05) is 97.1 Å². The first kappa shape index (κ1) is 82.7. The van der Waals surface area contributed by atoms with Crippen molar-refractivity contribution in [2.24, 2.45) is 0 Å². The van der Waals surface area contributed by atoms with Gasteiger partial charge in [-0.15, -0.1) is 13.2 Å². The average Bonchev–Trinajstić information content (AvgIpc) is 0.806. The predicted octanol–water partition coefficient (Wildman–Crippen LogP) is 21.3. The zero-order valence-corrected chi connectivity index (χ0v) is 68.9. The topological polar surface area (TPSA) is 126 Å². The van der Waals surface area contributed by atoms with Crippen molar-refractivity contribution in [2.75, 3.05) is 69.8 Å². The number of allylic oxidation sites excluding steroid dienone is 2. The number of rotatable bonds is 16. The van der Waals surface area contributed by atoms with E-state index < -0.39 is 0 Å². The summed E-state index contributed by atoms with van der Waals surface area (Å²) in [5, 5.41) is 0. The van der Waals surface area contributed by atoms with Crippen molar-refractivity contribution in [2.45, 2.75) is 120 Å². The average molecular weight is 1570 g/mol. The van der Waals surface area contributed by atoms with E-state index in [9.17, 15) is 14.4 Å². The van der Waals surface area contributed by atoms with E-state index in [0.29, 0.717) is 59.6 Å². The monoisotopic (exact) mass is 1570 g/mol. The summed E-state index contributed by atoms with van der Waals surface area (Å²) >= 11 is 0. The first-order valence-electron chi connectivity index (χ1n) is 40.4. The Morgan fingerprint density at radius 3 is 0.831 bits per heavy atom. The summed E-state index contributed by atoms with van der Waals surface area (Å²) in [6, 6.07) is 93.3. The maximum Gasteiger partial charge on any atom is 0.161 e. The molecule has 12 aromatic rings. The summed E-state index contributed by atoms with van der Waals surface area (Å²) in [4.78, 5) is 46.8. The molecule has 0 atom stereocenters. The molecule has 0 aliphatic carbocycles. The maximum atomic E-state index is 11.2. The molecule has 0 fully saturated rings. The zero-order valence-electron chi connectivity index (χ0n) is 68.9. The van der Waals surface area contributed by atoms with E-state index in [1.54, 1.807) is 20.8 Å². The Hall–Kier alpha value is -13.3. The minimum Gasteiger partial charge on any atom is -0.473 e. The molecule has 0 unspecified atom stereocenters. The number of benzene rings is 12. The molecule has 0 radical (unpaired) electrons. The Morgan fingerprint density at radius 1 is 0.271 bits per heavy atom. The fraction of sp³-hybridized carbons (Fsp3) is 0.233. The molecular weight excluding hydrogens is 1470 g/mol. The van der Waals surface area contributed by atoms with Crippen LogP contribution in [0.5, 0.6) is 34.5 Å². The zero-order chi connectivity index (χ0) is 82.3. The van der Waals surface area contributed by atoms with Crippen molar-refractivity contribution >= 4 is 51.5 Å². The Morgan fingerprint density at radius 2 is 0.525 bits per heavy atom. The summed E-state index contributed by atoms with van der Waals surface area (Å²) in [6.45, 7) is 29.6. The number of anilines is 6. The summed E-state index contributed by atoms with van der Waals surface area (Å²) < 4.78 is 35.2. The third-order valence-electron chi connectivity index (χ3n) is 21.1. The van der Waals surface area contributed by atoms with Gasteiger partial charge < -0.3 is 57.8 Å². The Labute approximate surface area is 696 Å².